The van der Waals surface area contributed by atoms with Gasteiger partial charge >= 0.3 is 16.5 Å². The molecule has 0 spiro atoms. The predicted molar refractivity (Wildman–Crippen MR) is 151 cm³/mol. The first-order valence-electron chi connectivity index (χ1n) is 12.6. The first kappa shape index (κ1) is 28.7. The van der Waals surface area contributed by atoms with Gasteiger partial charge in [-0.3, -0.25) is 9.48 Å². The van der Waals surface area contributed by atoms with Crippen LogP contribution < -0.4 is 14.8 Å². The van der Waals surface area contributed by atoms with Crippen molar-refractivity contribution in [3.05, 3.63) is 90.5 Å². The van der Waals surface area contributed by atoms with Crippen LogP contribution in [0, 0.1) is 0 Å². The molecule has 5 rings (SSSR count). The van der Waals surface area contributed by atoms with Gasteiger partial charge in [0, 0.05) is 53.9 Å². The molecule has 1 amide bonds. The number of rotatable bonds is 8. The van der Waals surface area contributed by atoms with E-state index in [9.17, 15) is 26.4 Å². The Hall–Kier alpha value is -4.85. The number of nitrogens with one attached hydrogen (secondary N) is 2. The van der Waals surface area contributed by atoms with E-state index >= 15 is 0 Å². The second-order valence-electron chi connectivity index (χ2n) is 9.57. The van der Waals surface area contributed by atoms with Crippen molar-refractivity contribution < 1.29 is 30.6 Å². The molecule has 5 aromatic rings. The molecular weight excluding hydrogens is 573 g/mol. The first-order valence-corrected chi connectivity index (χ1v) is 14.0. The summed E-state index contributed by atoms with van der Waals surface area (Å²) in [7, 11) is -2.88. The number of halogens is 3. The summed E-state index contributed by atoms with van der Waals surface area (Å²) in [6.07, 6.45) is 1.71. The molecule has 0 aliphatic heterocycles. The maximum atomic E-state index is 12.9. The van der Waals surface area contributed by atoms with E-state index in [4.69, 9.17) is 4.18 Å². The van der Waals surface area contributed by atoms with Crippen LogP contribution in [0.2, 0.25) is 0 Å². The number of fused-ring (bicyclic) bond motifs is 1. The molecule has 0 fully saturated rings. The third-order valence-electron chi connectivity index (χ3n) is 6.37. The molecule has 2 N–H and O–H groups in total. The highest BCUT2D eigenvalue weighted by Crippen LogP contribution is 2.32. The van der Waals surface area contributed by atoms with Crippen molar-refractivity contribution in [1.82, 2.24) is 24.1 Å². The smallest absolute Gasteiger partial charge is 0.366 e. The van der Waals surface area contributed by atoms with Crippen molar-refractivity contribution in [2.24, 2.45) is 0 Å². The van der Waals surface area contributed by atoms with Crippen LogP contribution in [0.5, 0.6) is 5.75 Å². The van der Waals surface area contributed by atoms with Gasteiger partial charge in [0.15, 0.2) is 0 Å². The summed E-state index contributed by atoms with van der Waals surface area (Å²) in [5.41, 5.74) is 1.69. The number of nitrogens with zero attached hydrogens (tertiary/aromatic N) is 4. The van der Waals surface area contributed by atoms with Gasteiger partial charge in [-0.2, -0.15) is 26.7 Å². The van der Waals surface area contributed by atoms with Gasteiger partial charge in [-0.15, -0.1) is 0 Å². The molecule has 3 aromatic heterocycles. The maximum absolute atomic E-state index is 12.9. The van der Waals surface area contributed by atoms with Gasteiger partial charge in [-0.1, -0.05) is 0 Å². The number of hydrogen-bond donors (Lipinski definition) is 2. The SMILES string of the molecule is CNC(=O)c1cnc(Nc2ccc3c(ccn3S(=O)(=O)Oc3ccc(C(F)(F)F)cc3)c2)cc1-c1cnn(C(C)C)c1. The summed E-state index contributed by atoms with van der Waals surface area (Å²) < 4.78 is 72.0. The quantitative estimate of drug-likeness (QED) is 0.233. The van der Waals surface area contributed by atoms with Crippen LogP contribution in [0.25, 0.3) is 22.0 Å². The van der Waals surface area contributed by atoms with Crippen molar-refractivity contribution in [3.8, 4) is 16.9 Å². The average Bonchev–Trinajstić information content (AvgIpc) is 3.60. The number of hydrogen-bond acceptors (Lipinski definition) is 7. The molecule has 2 aromatic carbocycles. The number of aromatic nitrogens is 4. The van der Waals surface area contributed by atoms with Crippen LogP contribution in [0.3, 0.4) is 0 Å². The highest BCUT2D eigenvalue weighted by molar-refractivity contribution is 7.85. The van der Waals surface area contributed by atoms with Gasteiger partial charge in [-0.05, 0) is 68.4 Å². The fourth-order valence-electron chi connectivity index (χ4n) is 4.24. The van der Waals surface area contributed by atoms with Crippen LogP contribution in [0.4, 0.5) is 24.7 Å². The predicted octanol–water partition coefficient (Wildman–Crippen LogP) is 5.77. The van der Waals surface area contributed by atoms with Crippen LogP contribution in [0.1, 0.15) is 35.8 Å². The van der Waals surface area contributed by atoms with Crippen molar-refractivity contribution in [2.75, 3.05) is 12.4 Å². The Bertz CT molecular complexity index is 1880. The minimum absolute atomic E-state index is 0.129. The van der Waals surface area contributed by atoms with E-state index in [2.05, 4.69) is 20.7 Å². The zero-order valence-corrected chi connectivity index (χ0v) is 23.4. The molecule has 14 heteroatoms. The minimum atomic E-state index is -4.56. The molecular formula is C28H25F3N6O4S. The van der Waals surface area contributed by atoms with Gasteiger partial charge in [0.05, 0.1) is 22.8 Å². The summed E-state index contributed by atoms with van der Waals surface area (Å²) in [4.78, 5) is 16.9. The van der Waals surface area contributed by atoms with E-state index in [1.807, 2.05) is 20.0 Å². The highest BCUT2D eigenvalue weighted by atomic mass is 32.2. The normalized spacial score (nSPS) is 12.1. The Labute approximate surface area is 239 Å². The van der Waals surface area contributed by atoms with Crippen LogP contribution in [-0.2, 0) is 16.5 Å². The molecule has 0 saturated carbocycles. The minimum Gasteiger partial charge on any atom is -0.366 e. The van der Waals surface area contributed by atoms with E-state index in [1.165, 1.54) is 19.4 Å². The van der Waals surface area contributed by atoms with E-state index in [0.29, 0.717) is 28.0 Å². The average molecular weight is 599 g/mol. The molecule has 10 nitrogen and oxygen atoms in total. The fraction of sp³-hybridized carbons (Fsp3) is 0.179. The Morgan fingerprint density at radius 1 is 1.02 bits per heavy atom. The number of benzene rings is 2. The summed E-state index contributed by atoms with van der Waals surface area (Å²) in [5.74, 6) is -0.125. The largest absolute Gasteiger partial charge is 0.416 e. The molecule has 0 bridgehead atoms. The van der Waals surface area contributed by atoms with Crippen LogP contribution >= 0.6 is 0 Å². The highest BCUT2D eigenvalue weighted by Gasteiger charge is 2.30. The molecule has 0 radical (unpaired) electrons. The second kappa shape index (κ2) is 10.9. The maximum Gasteiger partial charge on any atom is 0.416 e. The van der Waals surface area contributed by atoms with Gasteiger partial charge in [-0.25, -0.2) is 8.96 Å². The number of carbonyl (C=O) groups excluding carboxylic acids is 1. The summed E-state index contributed by atoms with van der Waals surface area (Å²) in [6.45, 7) is 3.98. The monoisotopic (exact) mass is 598 g/mol. The van der Waals surface area contributed by atoms with Crippen molar-refractivity contribution >= 4 is 38.6 Å². The number of alkyl halides is 3. The van der Waals surface area contributed by atoms with E-state index in [1.54, 1.807) is 41.2 Å². The summed E-state index contributed by atoms with van der Waals surface area (Å²) in [5, 5.41) is 10.7. The summed E-state index contributed by atoms with van der Waals surface area (Å²) >= 11 is 0. The van der Waals surface area contributed by atoms with E-state index < -0.39 is 22.0 Å². The molecule has 0 aliphatic carbocycles. The van der Waals surface area contributed by atoms with E-state index in [0.717, 1.165) is 33.8 Å². The third-order valence-corrected chi connectivity index (χ3v) is 7.57. The lowest BCUT2D eigenvalue weighted by Gasteiger charge is -2.12. The Kier molecular flexibility index (Phi) is 7.41. The number of pyridine rings is 1. The third kappa shape index (κ3) is 5.79. The van der Waals surface area contributed by atoms with Crippen molar-refractivity contribution in [3.63, 3.8) is 0 Å². The first-order chi connectivity index (χ1) is 19.9. The number of carbonyl (C=O) groups is 1. The standard InChI is InChI=1S/C28H25F3N6O4S/c1-17(2)36-16-19(14-34-36)23-13-26(33-15-24(23)27(38)32-3)35-21-6-9-25-18(12-21)10-11-37(25)42(39,40)41-22-7-4-20(5-8-22)28(29,30)31/h4-17H,1-3H3,(H,32,38)(H,33,35). The fourth-order valence-corrected chi connectivity index (χ4v) is 5.29. The van der Waals surface area contributed by atoms with E-state index in [-0.39, 0.29) is 23.2 Å². The van der Waals surface area contributed by atoms with Gasteiger partial charge in [0.25, 0.3) is 5.91 Å². The number of anilines is 2. The lowest BCUT2D eigenvalue weighted by atomic mass is 10.0. The van der Waals surface area contributed by atoms with Gasteiger partial charge < -0.3 is 14.8 Å². The Balaban J connectivity index is 1.41. The lowest BCUT2D eigenvalue weighted by Crippen LogP contribution is -2.19. The molecule has 0 saturated heterocycles. The molecule has 0 aliphatic rings. The zero-order chi connectivity index (χ0) is 30.2. The van der Waals surface area contributed by atoms with Crippen molar-refractivity contribution in [1.29, 1.82) is 0 Å². The molecule has 0 atom stereocenters. The Morgan fingerprint density at radius 2 is 1.76 bits per heavy atom. The Morgan fingerprint density at radius 3 is 2.40 bits per heavy atom. The lowest BCUT2D eigenvalue weighted by molar-refractivity contribution is -0.137. The van der Waals surface area contributed by atoms with Gasteiger partial charge in [0.1, 0.15) is 11.6 Å². The van der Waals surface area contributed by atoms with Crippen molar-refractivity contribution in [2.45, 2.75) is 26.1 Å². The summed E-state index contributed by atoms with van der Waals surface area (Å²) in [6, 6.07) is 11.7. The molecule has 3 heterocycles. The molecule has 42 heavy (non-hydrogen) atoms. The molecule has 218 valence electrons. The second-order valence-corrected chi connectivity index (χ2v) is 11.0. The topological polar surface area (TPSA) is 120 Å². The number of amides is 1. The van der Waals surface area contributed by atoms with Crippen LogP contribution in [-0.4, -0.2) is 40.1 Å². The van der Waals surface area contributed by atoms with Crippen LogP contribution in [0.15, 0.2) is 79.4 Å². The van der Waals surface area contributed by atoms with Gasteiger partial charge in [0.2, 0.25) is 0 Å². The zero-order valence-electron chi connectivity index (χ0n) is 22.5. The molecule has 0 unspecified atom stereocenters.